The largest absolute Gasteiger partial charge is 0.490 e. The normalized spacial score (nSPS) is 27.5. The van der Waals surface area contributed by atoms with Crippen molar-refractivity contribution in [1.82, 2.24) is 10.2 Å². The first-order valence-electron chi connectivity index (χ1n) is 9.46. The molecule has 0 saturated carbocycles. The van der Waals surface area contributed by atoms with Crippen LogP contribution in [0.2, 0.25) is 0 Å². The molecule has 3 fully saturated rings. The minimum absolute atomic E-state index is 0.00702. The van der Waals surface area contributed by atoms with Crippen molar-refractivity contribution < 1.29 is 50.9 Å². The van der Waals surface area contributed by atoms with Gasteiger partial charge in [0.05, 0.1) is 17.0 Å². The number of nitriles is 1. The molecule has 3 saturated heterocycles. The van der Waals surface area contributed by atoms with Crippen molar-refractivity contribution >= 4 is 29.6 Å². The van der Waals surface area contributed by atoms with Crippen molar-refractivity contribution in [3.63, 3.8) is 0 Å². The van der Waals surface area contributed by atoms with Gasteiger partial charge in [0.2, 0.25) is 5.91 Å². The Kier molecular flexibility index (Phi) is 9.81. The van der Waals surface area contributed by atoms with Gasteiger partial charge in [-0.15, -0.1) is 11.8 Å². The second-order valence-electron chi connectivity index (χ2n) is 7.51. The van der Waals surface area contributed by atoms with Crippen molar-refractivity contribution in [3.8, 4) is 6.07 Å². The molecule has 0 aromatic heterocycles. The van der Waals surface area contributed by atoms with Crippen LogP contribution in [-0.4, -0.2) is 81.1 Å². The summed E-state index contributed by atoms with van der Waals surface area (Å²) in [5.41, 5.74) is 5.68. The molecule has 3 aliphatic heterocycles. The van der Waals surface area contributed by atoms with E-state index in [1.165, 1.54) is 0 Å². The summed E-state index contributed by atoms with van der Waals surface area (Å²) in [6, 6.07) is 1.95. The van der Waals surface area contributed by atoms with E-state index in [0.29, 0.717) is 12.3 Å². The van der Waals surface area contributed by atoms with Crippen molar-refractivity contribution in [1.29, 1.82) is 5.26 Å². The number of rotatable bonds is 2. The molecule has 1 amide bonds. The number of nitrogens with one attached hydrogen (secondary N) is 1. The van der Waals surface area contributed by atoms with E-state index in [-0.39, 0.29) is 17.3 Å². The topological polar surface area (TPSA) is 157 Å². The van der Waals surface area contributed by atoms with Gasteiger partial charge in [-0.2, -0.15) is 31.6 Å². The Morgan fingerprint density at radius 1 is 1.15 bits per heavy atom. The molecule has 0 aromatic carbocycles. The maximum absolute atomic E-state index is 12.6. The number of hydrogen-bond donors (Lipinski definition) is 4. The number of amides is 1. The van der Waals surface area contributed by atoms with E-state index in [9.17, 15) is 31.1 Å². The number of carbonyl (C=O) groups is 3. The third kappa shape index (κ3) is 8.23. The minimum Gasteiger partial charge on any atom is -0.475 e. The molecule has 0 aromatic rings. The van der Waals surface area contributed by atoms with Crippen LogP contribution in [0, 0.1) is 17.2 Å². The summed E-state index contributed by atoms with van der Waals surface area (Å²) in [5, 5.41) is 26.8. The summed E-state index contributed by atoms with van der Waals surface area (Å²) in [6.07, 6.45) is -6.48. The molecule has 0 spiro atoms. The van der Waals surface area contributed by atoms with Crippen LogP contribution in [0.1, 0.15) is 25.7 Å². The first-order valence-corrected chi connectivity index (χ1v) is 10.5. The Morgan fingerprint density at radius 3 is 2.00 bits per heavy atom. The molecule has 0 bridgehead atoms. The Hall–Kier alpha value is -2.25. The van der Waals surface area contributed by atoms with Crippen LogP contribution in [0.5, 0.6) is 0 Å². The second kappa shape index (κ2) is 11.3. The van der Waals surface area contributed by atoms with Gasteiger partial charge in [0.25, 0.3) is 0 Å². The lowest BCUT2D eigenvalue weighted by molar-refractivity contribution is -0.193. The van der Waals surface area contributed by atoms with Gasteiger partial charge in [-0.1, -0.05) is 0 Å². The number of halogens is 6. The van der Waals surface area contributed by atoms with Crippen molar-refractivity contribution in [2.24, 2.45) is 11.7 Å². The third-order valence-corrected chi connectivity index (χ3v) is 6.32. The number of carboxylic acid groups (broad SMARTS) is 2. The summed E-state index contributed by atoms with van der Waals surface area (Å²) in [7, 11) is 0. The number of nitrogens with zero attached hydrogens (tertiary/aromatic N) is 2. The van der Waals surface area contributed by atoms with E-state index < -0.39 is 29.8 Å². The second-order valence-corrected chi connectivity index (χ2v) is 8.72. The van der Waals surface area contributed by atoms with E-state index >= 15 is 0 Å². The van der Waals surface area contributed by atoms with Gasteiger partial charge < -0.3 is 26.2 Å². The van der Waals surface area contributed by atoms with Crippen molar-refractivity contribution in [2.45, 2.75) is 55.0 Å². The molecule has 3 rings (SSSR count). The smallest absolute Gasteiger partial charge is 0.475 e. The quantitative estimate of drug-likeness (QED) is 0.406. The zero-order valence-electron chi connectivity index (χ0n) is 16.9. The average molecular weight is 508 g/mol. The van der Waals surface area contributed by atoms with E-state index in [1.807, 2.05) is 0 Å². The van der Waals surface area contributed by atoms with E-state index in [1.54, 1.807) is 16.7 Å². The molecule has 9 nitrogen and oxygen atoms in total. The molecular weight excluding hydrogens is 486 g/mol. The first kappa shape index (κ1) is 28.8. The fraction of sp³-hybridized carbons (Fsp3) is 0.765. The molecule has 188 valence electrons. The maximum Gasteiger partial charge on any atom is 0.490 e. The number of carboxylic acids is 2. The summed E-state index contributed by atoms with van der Waals surface area (Å²) >= 11 is 1.70. The SMILES string of the molecule is N#C[C@@H]1CS[C@H]2C[C@](N)(CC3CCNCC3)C(=O)N12.O=C(O)C(F)(F)F.O=C(O)C(F)(F)F. The molecule has 0 unspecified atom stereocenters. The Balaban J connectivity index is 0.000000324. The van der Waals surface area contributed by atoms with Gasteiger partial charge in [-0.3, -0.25) is 4.79 Å². The highest BCUT2D eigenvalue weighted by Crippen LogP contribution is 2.43. The summed E-state index contributed by atoms with van der Waals surface area (Å²) in [4.78, 5) is 32.1. The summed E-state index contributed by atoms with van der Waals surface area (Å²) in [6.45, 7) is 2.05. The number of aliphatic carboxylic acids is 2. The summed E-state index contributed by atoms with van der Waals surface area (Å²) < 4.78 is 63.5. The molecule has 16 heteroatoms. The highest BCUT2D eigenvalue weighted by Gasteiger charge is 2.55. The van der Waals surface area contributed by atoms with Crippen LogP contribution in [-0.2, 0) is 14.4 Å². The van der Waals surface area contributed by atoms with E-state index in [2.05, 4.69) is 11.4 Å². The maximum atomic E-state index is 12.6. The number of alkyl halides is 6. The van der Waals surface area contributed by atoms with E-state index in [0.717, 1.165) is 38.1 Å². The first-order chi connectivity index (χ1) is 15.0. The lowest BCUT2D eigenvalue weighted by Gasteiger charge is -2.31. The minimum atomic E-state index is -5.08. The number of carbonyl (C=O) groups excluding carboxylic acids is 1. The standard InChI is InChI=1S/C13H20N4OS.2C2HF3O2/c14-7-10-8-19-11-6-13(15,12(18)17(10)11)5-9-1-3-16-4-2-9;2*3-2(4,5)1(6)7/h9-11,16H,1-6,8,15H2;2*(H,6,7)/t10-,11+,13-;;/m1../s1. The van der Waals surface area contributed by atoms with Gasteiger partial charge in [0.1, 0.15) is 6.04 Å². The Labute approximate surface area is 188 Å². The van der Waals surface area contributed by atoms with Crippen molar-refractivity contribution in [2.75, 3.05) is 18.8 Å². The van der Waals surface area contributed by atoms with Crippen LogP contribution in [0.25, 0.3) is 0 Å². The third-order valence-electron chi connectivity index (χ3n) is 5.04. The highest BCUT2D eigenvalue weighted by molar-refractivity contribution is 8.00. The fourth-order valence-corrected chi connectivity index (χ4v) is 4.98. The molecule has 0 aliphatic carbocycles. The highest BCUT2D eigenvalue weighted by atomic mass is 32.2. The zero-order chi connectivity index (χ0) is 25.6. The number of nitrogens with two attached hydrogens (primary N) is 1. The summed E-state index contributed by atoms with van der Waals surface area (Å²) in [5.74, 6) is -4.23. The van der Waals surface area contributed by atoms with Gasteiger partial charge in [-0.25, -0.2) is 9.59 Å². The molecular formula is C17H22F6N4O5S. The van der Waals surface area contributed by atoms with Crippen LogP contribution < -0.4 is 11.1 Å². The molecule has 33 heavy (non-hydrogen) atoms. The number of fused-ring (bicyclic) bond motifs is 1. The monoisotopic (exact) mass is 508 g/mol. The number of thioether (sulfide) groups is 1. The van der Waals surface area contributed by atoms with Crippen LogP contribution in [0.15, 0.2) is 0 Å². The predicted molar refractivity (Wildman–Crippen MR) is 102 cm³/mol. The van der Waals surface area contributed by atoms with Gasteiger partial charge in [0, 0.05) is 12.2 Å². The van der Waals surface area contributed by atoms with Gasteiger partial charge in [-0.05, 0) is 38.3 Å². The van der Waals surface area contributed by atoms with Crippen LogP contribution in [0.3, 0.4) is 0 Å². The molecule has 3 atom stereocenters. The van der Waals surface area contributed by atoms with Crippen LogP contribution in [0.4, 0.5) is 26.3 Å². The average Bonchev–Trinajstić information content (AvgIpc) is 3.19. The Bertz CT molecular complexity index is 744. The van der Waals surface area contributed by atoms with Gasteiger partial charge in [0.15, 0.2) is 0 Å². The predicted octanol–water partition coefficient (Wildman–Crippen LogP) is 1.54. The lowest BCUT2D eigenvalue weighted by Crippen LogP contribution is -2.51. The number of piperidine rings is 1. The fourth-order valence-electron chi connectivity index (χ4n) is 3.52. The molecule has 5 N–H and O–H groups in total. The van der Waals surface area contributed by atoms with Crippen molar-refractivity contribution in [3.05, 3.63) is 0 Å². The van der Waals surface area contributed by atoms with Gasteiger partial charge >= 0.3 is 24.3 Å². The zero-order valence-corrected chi connectivity index (χ0v) is 17.8. The molecule has 0 radical (unpaired) electrons. The molecule has 3 aliphatic rings. The molecule has 3 heterocycles. The lowest BCUT2D eigenvalue weighted by atomic mass is 9.82. The number of hydrogen-bond acceptors (Lipinski definition) is 7. The Morgan fingerprint density at radius 2 is 1.61 bits per heavy atom. The van der Waals surface area contributed by atoms with E-state index in [4.69, 9.17) is 30.8 Å². The van der Waals surface area contributed by atoms with Crippen LogP contribution >= 0.6 is 11.8 Å².